The van der Waals surface area contributed by atoms with Crippen molar-refractivity contribution in [3.05, 3.63) is 24.0 Å². The fraction of sp³-hybridized carbons (Fsp3) is 0.533. The van der Waals surface area contributed by atoms with E-state index in [1.54, 1.807) is 7.11 Å². The van der Waals surface area contributed by atoms with Crippen molar-refractivity contribution in [2.75, 3.05) is 44.4 Å². The van der Waals surface area contributed by atoms with E-state index >= 15 is 0 Å². The lowest BCUT2D eigenvalue weighted by molar-refractivity contribution is -0.117. The van der Waals surface area contributed by atoms with Gasteiger partial charge in [-0.2, -0.15) is 0 Å². The average molecular weight is 295 g/mol. The Balaban J connectivity index is 1.81. The van der Waals surface area contributed by atoms with Crippen LogP contribution in [0.4, 0.5) is 15.8 Å². The lowest BCUT2D eigenvalue weighted by Gasteiger charge is -2.31. The summed E-state index contributed by atoms with van der Waals surface area (Å²) >= 11 is 0. The van der Waals surface area contributed by atoms with Gasteiger partial charge in [0.15, 0.2) is 0 Å². The fourth-order valence-electron chi connectivity index (χ4n) is 2.58. The summed E-state index contributed by atoms with van der Waals surface area (Å²) in [5, 5.41) is 2.66. The number of benzene rings is 1. The van der Waals surface area contributed by atoms with Gasteiger partial charge in [-0.05, 0) is 50.0 Å². The second-order valence-electron chi connectivity index (χ2n) is 5.45. The van der Waals surface area contributed by atoms with Crippen LogP contribution in [-0.2, 0) is 9.53 Å². The number of nitrogens with zero attached hydrogens (tertiary/aromatic N) is 1. The van der Waals surface area contributed by atoms with Crippen molar-refractivity contribution >= 4 is 17.3 Å². The van der Waals surface area contributed by atoms with E-state index in [9.17, 15) is 9.18 Å². The summed E-state index contributed by atoms with van der Waals surface area (Å²) in [6.45, 7) is 2.83. The van der Waals surface area contributed by atoms with Gasteiger partial charge in [-0.3, -0.25) is 9.69 Å². The zero-order valence-electron chi connectivity index (χ0n) is 12.3. The number of likely N-dealkylation sites (tertiary alicyclic amines) is 1. The number of nitrogens with two attached hydrogens (primary N) is 1. The molecule has 2 rings (SSSR count). The van der Waals surface area contributed by atoms with Gasteiger partial charge >= 0.3 is 0 Å². The number of carbonyl (C=O) groups excluding carboxylic acids is 1. The predicted molar refractivity (Wildman–Crippen MR) is 80.5 cm³/mol. The number of rotatable bonds is 5. The number of nitrogen functional groups attached to an aromatic ring is 1. The molecule has 0 unspecified atom stereocenters. The Morgan fingerprint density at radius 1 is 1.48 bits per heavy atom. The van der Waals surface area contributed by atoms with E-state index in [2.05, 4.69) is 10.2 Å². The number of carbonyl (C=O) groups is 1. The van der Waals surface area contributed by atoms with Crippen LogP contribution in [0.3, 0.4) is 0 Å². The molecule has 5 nitrogen and oxygen atoms in total. The monoisotopic (exact) mass is 295 g/mol. The normalized spacial score (nSPS) is 16.9. The number of hydrogen-bond donors (Lipinski definition) is 2. The van der Waals surface area contributed by atoms with Gasteiger partial charge < -0.3 is 15.8 Å². The molecule has 3 N–H and O–H groups in total. The molecule has 0 radical (unpaired) electrons. The third-order valence-electron chi connectivity index (χ3n) is 3.77. The molecule has 1 fully saturated rings. The maximum absolute atomic E-state index is 13.1. The molecule has 0 aliphatic carbocycles. The first-order chi connectivity index (χ1) is 10.1. The van der Waals surface area contributed by atoms with Gasteiger partial charge in [0.05, 0.1) is 17.9 Å². The summed E-state index contributed by atoms with van der Waals surface area (Å²) in [6.07, 6.45) is 2.06. The number of nitrogens with one attached hydrogen (secondary N) is 1. The van der Waals surface area contributed by atoms with Crippen molar-refractivity contribution in [3.8, 4) is 0 Å². The van der Waals surface area contributed by atoms with E-state index in [1.165, 1.54) is 18.2 Å². The summed E-state index contributed by atoms with van der Waals surface area (Å²) in [6, 6.07) is 3.95. The lowest BCUT2D eigenvalue weighted by Crippen LogP contribution is -2.40. The van der Waals surface area contributed by atoms with Crippen molar-refractivity contribution in [3.63, 3.8) is 0 Å². The van der Waals surface area contributed by atoms with Crippen LogP contribution >= 0.6 is 0 Å². The Kier molecular flexibility index (Phi) is 5.52. The lowest BCUT2D eigenvalue weighted by atomic mass is 9.98. The molecule has 0 aromatic heterocycles. The number of methoxy groups -OCH3 is 1. The van der Waals surface area contributed by atoms with Gasteiger partial charge in [0, 0.05) is 13.7 Å². The van der Waals surface area contributed by atoms with Gasteiger partial charge in [0.2, 0.25) is 5.91 Å². The van der Waals surface area contributed by atoms with E-state index in [4.69, 9.17) is 10.5 Å². The van der Waals surface area contributed by atoms with Gasteiger partial charge in [0.25, 0.3) is 0 Å². The first-order valence-electron chi connectivity index (χ1n) is 7.14. The summed E-state index contributed by atoms with van der Waals surface area (Å²) in [5.41, 5.74) is 6.41. The summed E-state index contributed by atoms with van der Waals surface area (Å²) < 4.78 is 18.3. The highest BCUT2D eigenvalue weighted by molar-refractivity contribution is 5.95. The summed E-state index contributed by atoms with van der Waals surface area (Å²) in [7, 11) is 1.71. The maximum Gasteiger partial charge on any atom is 0.238 e. The molecule has 1 amide bonds. The van der Waals surface area contributed by atoms with Crippen molar-refractivity contribution in [1.29, 1.82) is 0 Å². The zero-order chi connectivity index (χ0) is 15.2. The Labute approximate surface area is 124 Å². The quantitative estimate of drug-likeness (QED) is 0.811. The minimum absolute atomic E-state index is 0.169. The molecule has 0 atom stereocenters. The van der Waals surface area contributed by atoms with E-state index in [-0.39, 0.29) is 5.91 Å². The topological polar surface area (TPSA) is 67.6 Å². The minimum atomic E-state index is -0.417. The molecule has 1 aromatic carbocycles. The van der Waals surface area contributed by atoms with Gasteiger partial charge in [-0.25, -0.2) is 4.39 Å². The van der Waals surface area contributed by atoms with E-state index < -0.39 is 5.82 Å². The highest BCUT2D eigenvalue weighted by Crippen LogP contribution is 2.20. The van der Waals surface area contributed by atoms with Crippen LogP contribution in [0.25, 0.3) is 0 Å². The van der Waals surface area contributed by atoms with E-state index in [0.29, 0.717) is 23.8 Å². The molecular weight excluding hydrogens is 273 g/mol. The number of ether oxygens (including phenoxy) is 1. The molecule has 116 valence electrons. The smallest absolute Gasteiger partial charge is 0.238 e. The van der Waals surface area contributed by atoms with Crippen molar-refractivity contribution in [2.45, 2.75) is 12.8 Å². The van der Waals surface area contributed by atoms with Crippen LogP contribution in [0.2, 0.25) is 0 Å². The van der Waals surface area contributed by atoms with Crippen LogP contribution in [0.1, 0.15) is 12.8 Å². The Hall–Kier alpha value is -1.66. The number of anilines is 2. The second-order valence-corrected chi connectivity index (χ2v) is 5.45. The second kappa shape index (κ2) is 7.38. The van der Waals surface area contributed by atoms with E-state index in [0.717, 1.165) is 32.5 Å². The third-order valence-corrected chi connectivity index (χ3v) is 3.77. The molecule has 1 aliphatic rings. The Bertz CT molecular complexity index is 488. The molecule has 1 aromatic rings. The maximum atomic E-state index is 13.1. The van der Waals surface area contributed by atoms with Gasteiger partial charge in [0.1, 0.15) is 5.82 Å². The third kappa shape index (κ3) is 4.68. The fourth-order valence-corrected chi connectivity index (χ4v) is 2.58. The standard InChI is InChI=1S/C15H22FN3O2/c1-21-10-11-4-6-19(7-5-11)9-15(20)18-14-8-12(16)2-3-13(14)17/h2-3,8,11H,4-7,9-10,17H2,1H3,(H,18,20). The highest BCUT2D eigenvalue weighted by Gasteiger charge is 2.20. The summed E-state index contributed by atoms with van der Waals surface area (Å²) in [4.78, 5) is 14.1. The zero-order valence-corrected chi connectivity index (χ0v) is 12.3. The van der Waals surface area contributed by atoms with Crippen LogP contribution in [-0.4, -0.2) is 44.2 Å². The molecular formula is C15H22FN3O2. The van der Waals surface area contributed by atoms with Crippen LogP contribution in [0.15, 0.2) is 18.2 Å². The molecule has 1 aliphatic heterocycles. The molecule has 0 saturated carbocycles. The molecule has 0 spiro atoms. The van der Waals surface area contributed by atoms with Crippen LogP contribution < -0.4 is 11.1 Å². The molecule has 1 saturated heterocycles. The van der Waals surface area contributed by atoms with Gasteiger partial charge in [-0.15, -0.1) is 0 Å². The van der Waals surface area contributed by atoms with Crippen molar-refractivity contribution < 1.29 is 13.9 Å². The van der Waals surface area contributed by atoms with Gasteiger partial charge in [-0.1, -0.05) is 0 Å². The van der Waals surface area contributed by atoms with Crippen LogP contribution in [0.5, 0.6) is 0 Å². The molecule has 0 bridgehead atoms. The first kappa shape index (κ1) is 15.7. The van der Waals surface area contributed by atoms with Crippen LogP contribution in [0, 0.1) is 11.7 Å². The minimum Gasteiger partial charge on any atom is -0.397 e. The molecule has 6 heteroatoms. The predicted octanol–water partition coefficient (Wildman–Crippen LogP) is 1.70. The Morgan fingerprint density at radius 3 is 2.86 bits per heavy atom. The number of hydrogen-bond acceptors (Lipinski definition) is 4. The number of piperidine rings is 1. The average Bonchev–Trinajstić information content (AvgIpc) is 2.45. The SMILES string of the molecule is COCC1CCN(CC(=O)Nc2cc(F)ccc2N)CC1. The molecule has 1 heterocycles. The number of halogens is 1. The van der Waals surface area contributed by atoms with Crippen molar-refractivity contribution in [1.82, 2.24) is 4.90 Å². The van der Waals surface area contributed by atoms with Crippen molar-refractivity contribution in [2.24, 2.45) is 5.92 Å². The van der Waals surface area contributed by atoms with E-state index in [1.807, 2.05) is 0 Å². The largest absolute Gasteiger partial charge is 0.397 e. The summed E-state index contributed by atoms with van der Waals surface area (Å²) in [5.74, 6) is -0.00875. The molecule has 21 heavy (non-hydrogen) atoms. The number of amides is 1. The highest BCUT2D eigenvalue weighted by atomic mass is 19.1. The first-order valence-corrected chi connectivity index (χ1v) is 7.14. The Morgan fingerprint density at radius 2 is 2.19 bits per heavy atom.